The lowest BCUT2D eigenvalue weighted by Gasteiger charge is -2.24. The fraction of sp³-hybridized carbons (Fsp3) is 0.312. The molecule has 0 saturated carbocycles. The van der Waals surface area contributed by atoms with Gasteiger partial charge in [0.1, 0.15) is 0 Å². The molecule has 0 aliphatic heterocycles. The van der Waals surface area contributed by atoms with Gasteiger partial charge in [0.05, 0.1) is 28.3 Å². The van der Waals surface area contributed by atoms with Crippen LogP contribution in [0, 0.1) is 6.57 Å². The van der Waals surface area contributed by atoms with Crippen molar-refractivity contribution in [1.82, 2.24) is 4.72 Å². The van der Waals surface area contributed by atoms with E-state index in [-0.39, 0.29) is 10.8 Å². The van der Waals surface area contributed by atoms with E-state index in [1.165, 1.54) is 11.3 Å². The van der Waals surface area contributed by atoms with Crippen LogP contribution in [-0.2, 0) is 11.0 Å². The van der Waals surface area contributed by atoms with Crippen molar-refractivity contribution in [3.63, 3.8) is 0 Å². The number of hydrogen-bond acceptors (Lipinski definition) is 2. The monoisotopic (exact) mass is 318 g/mol. The van der Waals surface area contributed by atoms with Crippen LogP contribution in [0.5, 0.6) is 0 Å². The van der Waals surface area contributed by atoms with Crippen LogP contribution in [0.25, 0.3) is 4.85 Å². The van der Waals surface area contributed by atoms with Crippen LogP contribution in [0.15, 0.2) is 41.8 Å². The van der Waals surface area contributed by atoms with Gasteiger partial charge in [0.15, 0.2) is 5.69 Å². The Kier molecular flexibility index (Phi) is 4.94. The molecule has 0 aliphatic rings. The molecule has 0 radical (unpaired) electrons. The van der Waals surface area contributed by atoms with Crippen molar-refractivity contribution in [2.45, 2.75) is 31.6 Å². The van der Waals surface area contributed by atoms with Gasteiger partial charge in [-0.25, -0.2) is 13.8 Å². The molecule has 1 heterocycles. The van der Waals surface area contributed by atoms with Gasteiger partial charge in [-0.05, 0) is 37.8 Å². The molecule has 0 bridgehead atoms. The molecule has 1 N–H and O–H groups in total. The predicted octanol–water partition coefficient (Wildman–Crippen LogP) is 4.44. The Morgan fingerprint density at radius 1 is 1.29 bits per heavy atom. The highest BCUT2D eigenvalue weighted by atomic mass is 32.2. The van der Waals surface area contributed by atoms with E-state index in [0.717, 1.165) is 10.4 Å². The highest BCUT2D eigenvalue weighted by Gasteiger charge is 2.25. The van der Waals surface area contributed by atoms with Crippen molar-refractivity contribution in [1.29, 1.82) is 0 Å². The Morgan fingerprint density at radius 3 is 2.48 bits per heavy atom. The molecule has 2 aromatic rings. The van der Waals surface area contributed by atoms with Gasteiger partial charge in [0.25, 0.3) is 0 Å². The summed E-state index contributed by atoms with van der Waals surface area (Å²) in [5.41, 5.74) is 1.67. The second kappa shape index (κ2) is 6.52. The summed E-state index contributed by atoms with van der Waals surface area (Å²) in [4.78, 5) is 4.46. The number of benzene rings is 1. The van der Waals surface area contributed by atoms with E-state index < -0.39 is 11.0 Å². The molecule has 1 aromatic heterocycles. The molecule has 2 rings (SSSR count). The van der Waals surface area contributed by atoms with Crippen molar-refractivity contribution in [3.8, 4) is 0 Å². The van der Waals surface area contributed by atoms with Gasteiger partial charge in [0.2, 0.25) is 0 Å². The van der Waals surface area contributed by atoms with Crippen LogP contribution >= 0.6 is 11.3 Å². The molecule has 0 unspecified atom stereocenters. The number of rotatable bonds is 4. The van der Waals surface area contributed by atoms with Crippen LogP contribution in [0.2, 0.25) is 0 Å². The summed E-state index contributed by atoms with van der Waals surface area (Å²) in [6.45, 7) is 12.9. The molecule has 0 saturated heterocycles. The predicted molar refractivity (Wildman–Crippen MR) is 89.9 cm³/mol. The summed E-state index contributed by atoms with van der Waals surface area (Å²) in [7, 11) is -1.18. The first-order valence-electron chi connectivity index (χ1n) is 6.60. The van der Waals surface area contributed by atoms with Crippen molar-refractivity contribution in [2.75, 3.05) is 0 Å². The van der Waals surface area contributed by atoms with E-state index in [1.807, 2.05) is 62.5 Å². The Labute approximate surface area is 132 Å². The fourth-order valence-corrected chi connectivity index (χ4v) is 3.57. The normalized spacial score (nSPS) is 14.4. The first kappa shape index (κ1) is 15.9. The summed E-state index contributed by atoms with van der Waals surface area (Å²) in [5, 5.41) is 1.83. The molecule has 5 heteroatoms. The average Bonchev–Trinajstić information content (AvgIpc) is 2.93. The van der Waals surface area contributed by atoms with Gasteiger partial charge in [0, 0.05) is 4.88 Å². The Hall–Kier alpha value is -1.48. The zero-order valence-corrected chi connectivity index (χ0v) is 13.9. The summed E-state index contributed by atoms with van der Waals surface area (Å²) in [6, 6.07) is 11.6. The highest BCUT2D eigenvalue weighted by Crippen LogP contribution is 2.32. The van der Waals surface area contributed by atoms with Gasteiger partial charge >= 0.3 is 0 Å². The minimum atomic E-state index is -1.18. The van der Waals surface area contributed by atoms with E-state index in [2.05, 4.69) is 9.57 Å². The second-order valence-electron chi connectivity index (χ2n) is 5.66. The quantitative estimate of drug-likeness (QED) is 0.831. The third kappa shape index (κ3) is 4.01. The summed E-state index contributed by atoms with van der Waals surface area (Å²) >= 11 is 1.52. The van der Waals surface area contributed by atoms with E-state index in [9.17, 15) is 4.21 Å². The van der Waals surface area contributed by atoms with Crippen molar-refractivity contribution >= 4 is 28.0 Å². The molecule has 0 fully saturated rings. The summed E-state index contributed by atoms with van der Waals surface area (Å²) < 4.78 is 15.3. The number of nitrogens with one attached hydrogen (secondary N) is 1. The van der Waals surface area contributed by atoms with Crippen LogP contribution < -0.4 is 4.72 Å². The molecule has 1 aromatic carbocycles. The van der Waals surface area contributed by atoms with Gasteiger partial charge in [-0.1, -0.05) is 30.3 Å². The Bertz CT molecular complexity index is 666. The van der Waals surface area contributed by atoms with Gasteiger partial charge in [-0.3, -0.25) is 0 Å². The van der Waals surface area contributed by atoms with E-state index in [0.29, 0.717) is 5.69 Å². The fourth-order valence-electron chi connectivity index (χ4n) is 1.77. The van der Waals surface area contributed by atoms with Gasteiger partial charge < -0.3 is 0 Å². The number of hydrogen-bond donors (Lipinski definition) is 1. The number of nitrogens with zero attached hydrogens (tertiary/aromatic N) is 1. The van der Waals surface area contributed by atoms with Crippen molar-refractivity contribution < 1.29 is 4.21 Å². The largest absolute Gasteiger partial charge is 0.242 e. The number of thiophene rings is 1. The molecular formula is C16H18N2OS2. The lowest BCUT2D eigenvalue weighted by Crippen LogP contribution is -2.35. The standard InChI is InChI=1S/C16H18N2OS2/c1-16(2,3)21(19)18-15(12-8-6-5-7-9-12)14-10-13(17-4)11-20-14/h5-11,15,18H,1-3H3/t15-,21-/m0/s1. The van der Waals surface area contributed by atoms with Crippen LogP contribution in [0.4, 0.5) is 5.69 Å². The van der Waals surface area contributed by atoms with Crippen LogP contribution in [0.3, 0.4) is 0 Å². The zero-order chi connectivity index (χ0) is 15.5. The first-order valence-corrected chi connectivity index (χ1v) is 8.63. The minimum Gasteiger partial charge on any atom is -0.242 e. The van der Waals surface area contributed by atoms with E-state index in [4.69, 9.17) is 6.57 Å². The van der Waals surface area contributed by atoms with Crippen LogP contribution in [0.1, 0.15) is 37.3 Å². The van der Waals surface area contributed by atoms with Crippen molar-refractivity contribution in [3.05, 3.63) is 63.6 Å². The maximum absolute atomic E-state index is 12.4. The SMILES string of the molecule is [C-]#[N+]c1csc([C@@H](N[S@@](=O)C(C)(C)C)c2ccccc2)c1. The smallest absolute Gasteiger partial charge is 0.198 e. The molecule has 3 nitrogen and oxygen atoms in total. The lowest BCUT2D eigenvalue weighted by atomic mass is 10.1. The lowest BCUT2D eigenvalue weighted by molar-refractivity contribution is 0.625. The third-order valence-corrected chi connectivity index (χ3v) is 5.48. The maximum atomic E-state index is 12.4. The summed E-state index contributed by atoms with van der Waals surface area (Å²) in [6.07, 6.45) is 0. The molecule has 2 atom stereocenters. The first-order chi connectivity index (χ1) is 9.91. The molecular weight excluding hydrogens is 300 g/mol. The highest BCUT2D eigenvalue weighted by molar-refractivity contribution is 7.84. The zero-order valence-electron chi connectivity index (χ0n) is 12.3. The van der Waals surface area contributed by atoms with E-state index in [1.54, 1.807) is 0 Å². The topological polar surface area (TPSA) is 33.5 Å². The molecule has 0 spiro atoms. The second-order valence-corrected chi connectivity index (χ2v) is 8.60. The molecule has 110 valence electrons. The Balaban J connectivity index is 2.36. The van der Waals surface area contributed by atoms with Gasteiger partial charge in [-0.2, -0.15) is 11.3 Å². The van der Waals surface area contributed by atoms with Crippen molar-refractivity contribution in [2.24, 2.45) is 0 Å². The molecule has 0 amide bonds. The summed E-state index contributed by atoms with van der Waals surface area (Å²) in [5.74, 6) is 0. The maximum Gasteiger partial charge on any atom is 0.198 e. The third-order valence-electron chi connectivity index (χ3n) is 2.93. The van der Waals surface area contributed by atoms with Gasteiger partial charge in [-0.15, -0.1) is 0 Å². The molecule has 21 heavy (non-hydrogen) atoms. The van der Waals surface area contributed by atoms with Crippen LogP contribution in [-0.4, -0.2) is 8.96 Å². The average molecular weight is 318 g/mol. The van der Waals surface area contributed by atoms with E-state index >= 15 is 0 Å². The molecule has 0 aliphatic carbocycles. The Morgan fingerprint density at radius 2 is 1.95 bits per heavy atom. The minimum absolute atomic E-state index is 0.160.